The van der Waals surface area contributed by atoms with Crippen molar-refractivity contribution in [3.05, 3.63) is 47.5 Å². The number of phenolic OH excluding ortho intramolecular Hbond substituents is 1. The molecule has 1 aliphatic rings. The van der Waals surface area contributed by atoms with E-state index < -0.39 is 0 Å². The van der Waals surface area contributed by atoms with Crippen LogP contribution in [0.25, 0.3) is 0 Å². The van der Waals surface area contributed by atoms with Gasteiger partial charge in [-0.3, -0.25) is 0 Å². The molecule has 1 atom stereocenters. The number of hydrogen-bond donors (Lipinski definition) is 3. The molecule has 0 fully saturated rings. The Bertz CT molecular complexity index is 718. The van der Waals surface area contributed by atoms with Crippen LogP contribution in [0.15, 0.2) is 36.4 Å². The number of aryl methyl sites for hydroxylation is 2. The second-order valence-corrected chi connectivity index (χ2v) is 6.50. The summed E-state index contributed by atoms with van der Waals surface area (Å²) in [5.41, 5.74) is 8.87. The summed E-state index contributed by atoms with van der Waals surface area (Å²) in [5.74, 6) is 1.87. The molecule has 3 rings (SSSR count). The van der Waals surface area contributed by atoms with Crippen molar-refractivity contribution in [1.82, 2.24) is 5.32 Å². The largest absolute Gasteiger partial charge is 0.508 e. The minimum atomic E-state index is 0.145. The molecule has 134 valence electrons. The molecule has 0 saturated heterocycles. The maximum atomic E-state index is 9.56. The zero-order chi connectivity index (χ0) is 17.6. The number of nitrogens with two attached hydrogens (primary N) is 1. The molecule has 1 heterocycles. The molecule has 5 heteroatoms. The Kier molecular flexibility index (Phi) is 5.66. The summed E-state index contributed by atoms with van der Waals surface area (Å²) in [7, 11) is 0. The summed E-state index contributed by atoms with van der Waals surface area (Å²) < 4.78 is 11.7. The molecule has 4 N–H and O–H groups in total. The van der Waals surface area contributed by atoms with Gasteiger partial charge in [0.15, 0.2) is 0 Å². The van der Waals surface area contributed by atoms with Crippen molar-refractivity contribution in [3.63, 3.8) is 0 Å². The van der Waals surface area contributed by atoms with E-state index in [-0.39, 0.29) is 11.9 Å². The number of phenols is 1. The van der Waals surface area contributed by atoms with Gasteiger partial charge in [0.2, 0.25) is 0 Å². The highest BCUT2D eigenvalue weighted by atomic mass is 16.5. The van der Waals surface area contributed by atoms with Crippen LogP contribution in [0.5, 0.6) is 17.2 Å². The SMILES string of the molecule is Cc1ccc(OCCCNCC2CCc3ccc(O)cc3O2)cc1N. The molecule has 0 bridgehead atoms. The lowest BCUT2D eigenvalue weighted by Crippen LogP contribution is -2.34. The topological polar surface area (TPSA) is 76.7 Å². The van der Waals surface area contributed by atoms with Crippen molar-refractivity contribution in [2.45, 2.75) is 32.3 Å². The summed E-state index contributed by atoms with van der Waals surface area (Å²) in [6.07, 6.45) is 3.04. The first-order valence-corrected chi connectivity index (χ1v) is 8.80. The van der Waals surface area contributed by atoms with E-state index in [0.717, 1.165) is 55.1 Å². The molecule has 0 radical (unpaired) electrons. The monoisotopic (exact) mass is 342 g/mol. The van der Waals surface area contributed by atoms with Crippen LogP contribution in [0.1, 0.15) is 24.0 Å². The van der Waals surface area contributed by atoms with E-state index in [1.165, 1.54) is 5.56 Å². The van der Waals surface area contributed by atoms with E-state index in [2.05, 4.69) is 5.32 Å². The summed E-state index contributed by atoms with van der Waals surface area (Å²) in [4.78, 5) is 0. The number of aromatic hydroxyl groups is 1. The van der Waals surface area contributed by atoms with E-state index in [0.29, 0.717) is 6.61 Å². The Morgan fingerprint density at radius 2 is 2.16 bits per heavy atom. The first-order chi connectivity index (χ1) is 12.1. The molecule has 5 nitrogen and oxygen atoms in total. The van der Waals surface area contributed by atoms with Gasteiger partial charge in [0, 0.05) is 24.4 Å². The average Bonchev–Trinajstić information content (AvgIpc) is 2.60. The smallest absolute Gasteiger partial charge is 0.126 e. The summed E-state index contributed by atoms with van der Waals surface area (Å²) in [6.45, 7) is 4.30. The van der Waals surface area contributed by atoms with E-state index in [1.54, 1.807) is 12.1 Å². The second-order valence-electron chi connectivity index (χ2n) is 6.50. The third kappa shape index (κ3) is 4.79. The third-order valence-corrected chi connectivity index (χ3v) is 4.47. The molecule has 0 aromatic heterocycles. The van der Waals surface area contributed by atoms with Crippen LogP contribution in [0.2, 0.25) is 0 Å². The van der Waals surface area contributed by atoms with Crippen LogP contribution in [0.3, 0.4) is 0 Å². The van der Waals surface area contributed by atoms with Gasteiger partial charge in [0.05, 0.1) is 6.61 Å². The van der Waals surface area contributed by atoms with E-state index in [9.17, 15) is 5.11 Å². The van der Waals surface area contributed by atoms with Crippen LogP contribution in [-0.4, -0.2) is 30.9 Å². The fraction of sp³-hybridized carbons (Fsp3) is 0.400. The normalized spacial score (nSPS) is 16.1. The number of nitrogens with one attached hydrogen (secondary N) is 1. The number of anilines is 1. The van der Waals surface area contributed by atoms with Crippen molar-refractivity contribution < 1.29 is 14.6 Å². The summed E-state index contributed by atoms with van der Waals surface area (Å²) in [6, 6.07) is 11.1. The number of ether oxygens (including phenoxy) is 2. The van der Waals surface area contributed by atoms with Gasteiger partial charge in [-0.05, 0) is 56.0 Å². The summed E-state index contributed by atoms with van der Waals surface area (Å²) >= 11 is 0. The fourth-order valence-electron chi connectivity index (χ4n) is 2.92. The highest BCUT2D eigenvalue weighted by molar-refractivity contribution is 5.50. The molecule has 0 amide bonds. The molecule has 0 aliphatic carbocycles. The van der Waals surface area contributed by atoms with Crippen LogP contribution < -0.4 is 20.5 Å². The summed E-state index contributed by atoms with van der Waals surface area (Å²) in [5, 5.41) is 13.0. The highest BCUT2D eigenvalue weighted by Gasteiger charge is 2.19. The Balaban J connectivity index is 1.33. The van der Waals surface area contributed by atoms with Crippen LogP contribution >= 0.6 is 0 Å². The minimum absolute atomic E-state index is 0.145. The van der Waals surface area contributed by atoms with Gasteiger partial charge in [-0.2, -0.15) is 0 Å². The van der Waals surface area contributed by atoms with Crippen molar-refractivity contribution in [3.8, 4) is 17.2 Å². The minimum Gasteiger partial charge on any atom is -0.508 e. The van der Waals surface area contributed by atoms with Crippen molar-refractivity contribution in [2.75, 3.05) is 25.4 Å². The number of nitrogen functional groups attached to an aromatic ring is 1. The van der Waals surface area contributed by atoms with Gasteiger partial charge < -0.3 is 25.6 Å². The maximum absolute atomic E-state index is 9.56. The van der Waals surface area contributed by atoms with Gasteiger partial charge in [-0.25, -0.2) is 0 Å². The van der Waals surface area contributed by atoms with Crippen LogP contribution in [0, 0.1) is 6.92 Å². The van der Waals surface area contributed by atoms with E-state index >= 15 is 0 Å². The van der Waals surface area contributed by atoms with Crippen molar-refractivity contribution in [2.24, 2.45) is 0 Å². The lowest BCUT2D eigenvalue weighted by Gasteiger charge is -2.26. The Morgan fingerprint density at radius 3 is 3.00 bits per heavy atom. The molecular formula is C20H26N2O3. The lowest BCUT2D eigenvalue weighted by atomic mass is 10.0. The molecule has 0 spiro atoms. The quantitative estimate of drug-likeness (QED) is 0.533. The third-order valence-electron chi connectivity index (χ3n) is 4.47. The molecule has 2 aromatic carbocycles. The van der Waals surface area contributed by atoms with Crippen molar-refractivity contribution >= 4 is 5.69 Å². The fourth-order valence-corrected chi connectivity index (χ4v) is 2.92. The predicted molar refractivity (Wildman–Crippen MR) is 99.4 cm³/mol. The standard InChI is InChI=1S/C20H26N2O3/c1-14-3-7-17(12-19(14)21)24-10-2-9-22-13-18-8-5-15-4-6-16(23)11-20(15)25-18/h3-4,6-7,11-12,18,22-23H,2,5,8-10,13,21H2,1H3. The average molecular weight is 342 g/mol. The zero-order valence-electron chi connectivity index (χ0n) is 14.6. The molecule has 1 aliphatic heterocycles. The number of hydrogen-bond acceptors (Lipinski definition) is 5. The maximum Gasteiger partial charge on any atom is 0.126 e. The molecule has 0 saturated carbocycles. The van der Waals surface area contributed by atoms with Gasteiger partial charge in [-0.15, -0.1) is 0 Å². The number of benzene rings is 2. The molecular weight excluding hydrogens is 316 g/mol. The number of rotatable bonds is 7. The highest BCUT2D eigenvalue weighted by Crippen LogP contribution is 2.30. The lowest BCUT2D eigenvalue weighted by molar-refractivity contribution is 0.169. The first-order valence-electron chi connectivity index (χ1n) is 8.80. The Hall–Kier alpha value is -2.40. The van der Waals surface area contributed by atoms with Crippen LogP contribution in [-0.2, 0) is 6.42 Å². The van der Waals surface area contributed by atoms with Gasteiger partial charge in [0.25, 0.3) is 0 Å². The Morgan fingerprint density at radius 1 is 1.28 bits per heavy atom. The van der Waals surface area contributed by atoms with Gasteiger partial charge in [0.1, 0.15) is 23.4 Å². The van der Waals surface area contributed by atoms with Crippen molar-refractivity contribution in [1.29, 1.82) is 0 Å². The van der Waals surface area contributed by atoms with Gasteiger partial charge >= 0.3 is 0 Å². The number of fused-ring (bicyclic) bond motifs is 1. The predicted octanol–water partition coefficient (Wildman–Crippen LogP) is 3.04. The molecule has 25 heavy (non-hydrogen) atoms. The Labute approximate surface area is 148 Å². The zero-order valence-corrected chi connectivity index (χ0v) is 14.6. The molecule has 2 aromatic rings. The van der Waals surface area contributed by atoms with Crippen LogP contribution in [0.4, 0.5) is 5.69 Å². The second kappa shape index (κ2) is 8.12. The van der Waals surface area contributed by atoms with E-state index in [1.807, 2.05) is 31.2 Å². The molecule has 1 unspecified atom stereocenters. The van der Waals surface area contributed by atoms with Gasteiger partial charge in [-0.1, -0.05) is 12.1 Å². The van der Waals surface area contributed by atoms with E-state index in [4.69, 9.17) is 15.2 Å². The first kappa shape index (κ1) is 17.4.